The summed E-state index contributed by atoms with van der Waals surface area (Å²) in [6, 6.07) is 7.48. The van der Waals surface area contributed by atoms with E-state index in [2.05, 4.69) is 0 Å². The highest BCUT2D eigenvalue weighted by molar-refractivity contribution is 5.82. The van der Waals surface area contributed by atoms with Crippen LogP contribution in [-0.4, -0.2) is 11.5 Å². The van der Waals surface area contributed by atoms with Crippen molar-refractivity contribution in [3.05, 3.63) is 29.8 Å². The predicted octanol–water partition coefficient (Wildman–Crippen LogP) is 1.64. The number of rotatable bonds is 3. The Balaban J connectivity index is 2.79. The molecule has 3 nitrogen and oxygen atoms in total. The summed E-state index contributed by atoms with van der Waals surface area (Å²) in [7, 11) is 0. The van der Waals surface area contributed by atoms with Crippen LogP contribution in [0, 0.1) is 6.92 Å². The van der Waals surface area contributed by atoms with Crippen LogP contribution < -0.4 is 10.5 Å². The largest absolute Gasteiger partial charge is 0.478 e. The molecule has 0 heterocycles. The maximum atomic E-state index is 11.0. The number of nitrogens with two attached hydrogens (primary N) is 1. The third kappa shape index (κ3) is 2.49. The first-order valence-corrected chi connectivity index (χ1v) is 4.47. The number of carbonyl (C=O) groups is 1. The van der Waals surface area contributed by atoms with Gasteiger partial charge < -0.3 is 10.5 Å². The minimum absolute atomic E-state index is 0.474. The second-order valence-electron chi connectivity index (χ2n) is 3.79. The van der Waals surface area contributed by atoms with Gasteiger partial charge in [-0.05, 0) is 32.9 Å². The Morgan fingerprint density at radius 1 is 1.29 bits per heavy atom. The lowest BCUT2D eigenvalue weighted by Crippen LogP contribution is -2.43. The van der Waals surface area contributed by atoms with Gasteiger partial charge in [-0.15, -0.1) is 0 Å². The van der Waals surface area contributed by atoms with Crippen molar-refractivity contribution in [2.24, 2.45) is 5.73 Å². The molecule has 1 aromatic rings. The molecule has 0 saturated heterocycles. The summed E-state index contributed by atoms with van der Waals surface area (Å²) in [5, 5.41) is 0. The van der Waals surface area contributed by atoms with Crippen molar-refractivity contribution in [1.82, 2.24) is 0 Å². The second kappa shape index (κ2) is 3.70. The van der Waals surface area contributed by atoms with Crippen LogP contribution in [-0.2, 0) is 4.79 Å². The number of primary amides is 1. The van der Waals surface area contributed by atoms with Gasteiger partial charge in [-0.25, -0.2) is 0 Å². The molecule has 0 saturated carbocycles. The maximum Gasteiger partial charge on any atom is 0.261 e. The van der Waals surface area contributed by atoms with Crippen LogP contribution in [0.4, 0.5) is 0 Å². The van der Waals surface area contributed by atoms with Gasteiger partial charge in [0.2, 0.25) is 0 Å². The molecule has 3 heteroatoms. The van der Waals surface area contributed by atoms with Crippen LogP contribution in [0.25, 0.3) is 0 Å². The lowest BCUT2D eigenvalue weighted by atomic mass is 10.1. The zero-order chi connectivity index (χ0) is 10.8. The molecule has 0 atom stereocenters. The number of hydrogen-bond donors (Lipinski definition) is 1. The molecular formula is C11H15NO2. The molecule has 0 unspecified atom stereocenters. The highest BCUT2D eigenvalue weighted by Crippen LogP contribution is 2.18. The molecule has 0 aliphatic heterocycles. The number of benzene rings is 1. The third-order valence-electron chi connectivity index (χ3n) is 1.99. The summed E-state index contributed by atoms with van der Waals surface area (Å²) in [6.45, 7) is 5.29. The minimum Gasteiger partial charge on any atom is -0.478 e. The molecule has 1 aromatic carbocycles. The zero-order valence-electron chi connectivity index (χ0n) is 8.70. The summed E-state index contributed by atoms with van der Waals surface area (Å²) in [6.07, 6.45) is 0. The zero-order valence-corrected chi connectivity index (χ0v) is 8.70. The Morgan fingerprint density at radius 3 is 2.21 bits per heavy atom. The van der Waals surface area contributed by atoms with Crippen LogP contribution in [0.2, 0.25) is 0 Å². The lowest BCUT2D eigenvalue weighted by Gasteiger charge is -2.22. The Hall–Kier alpha value is -1.51. The van der Waals surface area contributed by atoms with Crippen molar-refractivity contribution in [1.29, 1.82) is 0 Å². The summed E-state index contributed by atoms with van der Waals surface area (Å²) >= 11 is 0. The average Bonchev–Trinajstić information content (AvgIpc) is 2.08. The number of amides is 1. The monoisotopic (exact) mass is 193 g/mol. The van der Waals surface area contributed by atoms with E-state index in [-0.39, 0.29) is 0 Å². The standard InChI is InChI=1S/C11H15NO2/c1-8-4-6-9(7-5-8)14-11(2,3)10(12)13/h4-7H,1-3H3,(H2,12,13). The van der Waals surface area contributed by atoms with Crippen LogP contribution in [0.1, 0.15) is 19.4 Å². The van der Waals surface area contributed by atoms with E-state index in [9.17, 15) is 4.79 Å². The Morgan fingerprint density at radius 2 is 1.79 bits per heavy atom. The number of aryl methyl sites for hydroxylation is 1. The molecule has 0 spiro atoms. The molecule has 0 aromatic heterocycles. The van der Waals surface area contributed by atoms with Gasteiger partial charge in [-0.1, -0.05) is 17.7 Å². The summed E-state index contributed by atoms with van der Waals surface area (Å²) < 4.78 is 5.44. The van der Waals surface area contributed by atoms with Gasteiger partial charge in [0.15, 0.2) is 5.60 Å². The SMILES string of the molecule is Cc1ccc(OC(C)(C)C(N)=O)cc1. The molecule has 1 amide bonds. The van der Waals surface area contributed by atoms with E-state index in [0.717, 1.165) is 5.56 Å². The van der Waals surface area contributed by atoms with Gasteiger partial charge >= 0.3 is 0 Å². The fourth-order valence-corrected chi connectivity index (χ4v) is 0.951. The van der Waals surface area contributed by atoms with Crippen molar-refractivity contribution in [3.8, 4) is 5.75 Å². The quantitative estimate of drug-likeness (QED) is 0.793. The Bertz CT molecular complexity index is 328. The van der Waals surface area contributed by atoms with Crippen LogP contribution >= 0.6 is 0 Å². The lowest BCUT2D eigenvalue weighted by molar-refractivity contribution is -0.130. The summed E-state index contributed by atoms with van der Waals surface area (Å²) in [5.74, 6) is 0.178. The van der Waals surface area contributed by atoms with Crippen LogP contribution in [0.15, 0.2) is 24.3 Å². The second-order valence-corrected chi connectivity index (χ2v) is 3.79. The van der Waals surface area contributed by atoms with E-state index in [0.29, 0.717) is 5.75 Å². The van der Waals surface area contributed by atoms with E-state index in [4.69, 9.17) is 10.5 Å². The van der Waals surface area contributed by atoms with E-state index < -0.39 is 11.5 Å². The van der Waals surface area contributed by atoms with E-state index in [1.165, 1.54) is 0 Å². The molecule has 2 N–H and O–H groups in total. The fourth-order valence-electron chi connectivity index (χ4n) is 0.951. The normalized spacial score (nSPS) is 11.1. The van der Waals surface area contributed by atoms with Crippen molar-refractivity contribution in [2.75, 3.05) is 0 Å². The van der Waals surface area contributed by atoms with Gasteiger partial charge in [0.1, 0.15) is 5.75 Å². The van der Waals surface area contributed by atoms with Crippen LogP contribution in [0.3, 0.4) is 0 Å². The van der Waals surface area contributed by atoms with Gasteiger partial charge in [-0.2, -0.15) is 0 Å². The smallest absolute Gasteiger partial charge is 0.261 e. The van der Waals surface area contributed by atoms with E-state index >= 15 is 0 Å². The van der Waals surface area contributed by atoms with E-state index in [1.54, 1.807) is 13.8 Å². The Kier molecular flexibility index (Phi) is 2.79. The molecule has 1 rings (SSSR count). The van der Waals surface area contributed by atoms with Gasteiger partial charge in [0.25, 0.3) is 5.91 Å². The molecule has 0 fully saturated rings. The summed E-state index contributed by atoms with van der Waals surface area (Å²) in [4.78, 5) is 11.0. The predicted molar refractivity (Wildman–Crippen MR) is 55.1 cm³/mol. The molecular weight excluding hydrogens is 178 g/mol. The first kappa shape index (κ1) is 10.6. The molecule has 0 bridgehead atoms. The molecule has 76 valence electrons. The third-order valence-corrected chi connectivity index (χ3v) is 1.99. The van der Waals surface area contributed by atoms with Crippen molar-refractivity contribution in [2.45, 2.75) is 26.4 Å². The average molecular weight is 193 g/mol. The number of carbonyl (C=O) groups excluding carboxylic acids is 1. The number of ether oxygens (including phenoxy) is 1. The van der Waals surface area contributed by atoms with Crippen molar-refractivity contribution < 1.29 is 9.53 Å². The van der Waals surface area contributed by atoms with Gasteiger partial charge in [0.05, 0.1) is 0 Å². The summed E-state index contributed by atoms with van der Waals surface area (Å²) in [5.41, 5.74) is 5.37. The first-order valence-electron chi connectivity index (χ1n) is 4.47. The first-order chi connectivity index (χ1) is 6.42. The highest BCUT2D eigenvalue weighted by Gasteiger charge is 2.26. The van der Waals surface area contributed by atoms with Crippen molar-refractivity contribution >= 4 is 5.91 Å². The highest BCUT2D eigenvalue weighted by atomic mass is 16.5. The maximum absolute atomic E-state index is 11.0. The molecule has 0 aliphatic carbocycles. The van der Waals surface area contributed by atoms with Gasteiger partial charge in [0, 0.05) is 0 Å². The van der Waals surface area contributed by atoms with Gasteiger partial charge in [-0.3, -0.25) is 4.79 Å². The topological polar surface area (TPSA) is 52.3 Å². The van der Waals surface area contributed by atoms with Crippen molar-refractivity contribution in [3.63, 3.8) is 0 Å². The fraction of sp³-hybridized carbons (Fsp3) is 0.364. The minimum atomic E-state index is -0.963. The number of hydrogen-bond acceptors (Lipinski definition) is 2. The van der Waals surface area contributed by atoms with E-state index in [1.807, 2.05) is 31.2 Å². The Labute approximate surface area is 83.9 Å². The molecule has 14 heavy (non-hydrogen) atoms. The molecule has 0 aliphatic rings. The molecule has 0 radical (unpaired) electrons. The van der Waals surface area contributed by atoms with Crippen LogP contribution in [0.5, 0.6) is 5.75 Å².